The summed E-state index contributed by atoms with van der Waals surface area (Å²) in [5.41, 5.74) is 13.9. The Morgan fingerprint density at radius 2 is 2.26 bits per heavy atom. The molecule has 4 rings (SSSR count). The van der Waals surface area contributed by atoms with Crippen LogP contribution in [0.15, 0.2) is 17.5 Å². The highest BCUT2D eigenvalue weighted by Crippen LogP contribution is 2.44. The van der Waals surface area contributed by atoms with Gasteiger partial charge in [-0.2, -0.15) is 5.26 Å². The first-order valence-electron chi connectivity index (χ1n) is 8.76. The van der Waals surface area contributed by atoms with Gasteiger partial charge in [-0.05, 0) is 30.2 Å². The molecule has 0 aliphatic carbocycles. The molecule has 0 saturated carbocycles. The molecule has 1 amide bonds. The molecule has 1 fully saturated rings. The van der Waals surface area contributed by atoms with E-state index in [2.05, 4.69) is 18.0 Å². The number of nitrogen functional groups attached to an aromatic ring is 2. The minimum absolute atomic E-state index is 0.0590. The van der Waals surface area contributed by atoms with Crippen molar-refractivity contribution in [2.75, 3.05) is 24.6 Å². The Kier molecular flexibility index (Phi) is 4.50. The van der Waals surface area contributed by atoms with Crippen LogP contribution in [0.5, 0.6) is 0 Å². The van der Waals surface area contributed by atoms with E-state index in [1.165, 1.54) is 22.7 Å². The molecule has 138 valence electrons. The molecule has 4 heterocycles. The Morgan fingerprint density at radius 1 is 1.44 bits per heavy atom. The highest BCUT2D eigenvalue weighted by atomic mass is 32.1. The zero-order valence-corrected chi connectivity index (χ0v) is 16.5. The van der Waals surface area contributed by atoms with Crippen molar-refractivity contribution in [3.8, 4) is 16.5 Å². The van der Waals surface area contributed by atoms with Crippen LogP contribution >= 0.6 is 22.7 Å². The van der Waals surface area contributed by atoms with E-state index in [0.29, 0.717) is 37.8 Å². The van der Waals surface area contributed by atoms with Crippen molar-refractivity contribution in [3.63, 3.8) is 0 Å². The van der Waals surface area contributed by atoms with Crippen molar-refractivity contribution in [1.29, 1.82) is 5.26 Å². The summed E-state index contributed by atoms with van der Waals surface area (Å²) < 4.78 is 0. The van der Waals surface area contributed by atoms with Gasteiger partial charge in [-0.3, -0.25) is 4.79 Å². The number of likely N-dealkylation sites (tertiary alicyclic amines) is 1. The zero-order chi connectivity index (χ0) is 19.1. The molecule has 1 saturated heterocycles. The number of nitrogens with zero attached hydrogens (tertiary/aromatic N) is 3. The molecule has 1 aliphatic heterocycles. The van der Waals surface area contributed by atoms with E-state index in [4.69, 9.17) is 11.5 Å². The number of anilines is 2. The SMILES string of the molecule is CC1CCCN(C(=O)c2sc3nc(N)c(C#N)c(-c4cccs4)c3c2N)C1. The summed E-state index contributed by atoms with van der Waals surface area (Å²) in [6.45, 7) is 3.64. The number of amides is 1. The van der Waals surface area contributed by atoms with Crippen LogP contribution in [0, 0.1) is 17.2 Å². The Balaban J connectivity index is 1.91. The van der Waals surface area contributed by atoms with Crippen LogP contribution in [0.3, 0.4) is 0 Å². The van der Waals surface area contributed by atoms with Crippen molar-refractivity contribution in [3.05, 3.63) is 28.0 Å². The maximum atomic E-state index is 13.1. The van der Waals surface area contributed by atoms with E-state index in [1.807, 2.05) is 22.4 Å². The summed E-state index contributed by atoms with van der Waals surface area (Å²) in [5, 5.41) is 12.2. The molecule has 1 unspecified atom stereocenters. The van der Waals surface area contributed by atoms with E-state index in [1.54, 1.807) is 0 Å². The average molecular weight is 398 g/mol. The molecule has 3 aromatic heterocycles. The fourth-order valence-corrected chi connectivity index (χ4v) is 5.49. The normalized spacial score (nSPS) is 17.2. The minimum atomic E-state index is -0.0590. The lowest BCUT2D eigenvalue weighted by molar-refractivity contribution is 0.0689. The van der Waals surface area contributed by atoms with Crippen molar-refractivity contribution < 1.29 is 4.79 Å². The van der Waals surface area contributed by atoms with E-state index in [0.717, 1.165) is 30.8 Å². The number of thiophene rings is 2. The quantitative estimate of drug-likeness (QED) is 0.681. The average Bonchev–Trinajstić information content (AvgIpc) is 3.28. The molecule has 3 aromatic rings. The first-order valence-corrected chi connectivity index (χ1v) is 10.5. The number of aromatic nitrogens is 1. The van der Waals surface area contributed by atoms with Gasteiger partial charge in [-0.25, -0.2) is 4.98 Å². The van der Waals surface area contributed by atoms with Crippen LogP contribution in [0.1, 0.15) is 35.0 Å². The van der Waals surface area contributed by atoms with Gasteiger partial charge in [0.05, 0.1) is 5.69 Å². The van der Waals surface area contributed by atoms with Gasteiger partial charge < -0.3 is 16.4 Å². The summed E-state index contributed by atoms with van der Waals surface area (Å²) in [6, 6.07) is 5.98. The molecular weight excluding hydrogens is 378 g/mol. The first kappa shape index (κ1) is 17.8. The zero-order valence-electron chi connectivity index (χ0n) is 14.9. The van der Waals surface area contributed by atoms with E-state index >= 15 is 0 Å². The van der Waals surface area contributed by atoms with Crippen LogP contribution in [0.4, 0.5) is 11.5 Å². The molecule has 1 atom stereocenters. The predicted molar refractivity (Wildman–Crippen MR) is 111 cm³/mol. The predicted octanol–water partition coefficient (Wildman–Crippen LogP) is 3.93. The number of fused-ring (bicyclic) bond motifs is 1. The fourth-order valence-electron chi connectivity index (χ4n) is 3.63. The number of carbonyl (C=O) groups excluding carboxylic acids is 1. The molecule has 0 aromatic carbocycles. The fraction of sp³-hybridized carbons (Fsp3) is 0.316. The molecule has 27 heavy (non-hydrogen) atoms. The minimum Gasteiger partial charge on any atom is -0.397 e. The lowest BCUT2D eigenvalue weighted by atomic mass is 10.00. The number of hydrogen-bond acceptors (Lipinski definition) is 7. The number of nitrogens with two attached hydrogens (primary N) is 2. The van der Waals surface area contributed by atoms with Crippen molar-refractivity contribution >= 4 is 50.3 Å². The van der Waals surface area contributed by atoms with Gasteiger partial charge in [0.25, 0.3) is 5.91 Å². The largest absolute Gasteiger partial charge is 0.397 e. The number of rotatable bonds is 2. The van der Waals surface area contributed by atoms with E-state index in [9.17, 15) is 10.1 Å². The monoisotopic (exact) mass is 397 g/mol. The lowest BCUT2D eigenvalue weighted by Gasteiger charge is -2.30. The second-order valence-corrected chi connectivity index (χ2v) is 8.81. The summed E-state index contributed by atoms with van der Waals surface area (Å²) in [5.74, 6) is 0.593. The van der Waals surface area contributed by atoms with Gasteiger partial charge in [0.15, 0.2) is 0 Å². The van der Waals surface area contributed by atoms with Gasteiger partial charge in [-0.15, -0.1) is 22.7 Å². The third kappa shape index (κ3) is 2.93. The second kappa shape index (κ2) is 6.83. The van der Waals surface area contributed by atoms with E-state index < -0.39 is 0 Å². The van der Waals surface area contributed by atoms with E-state index in [-0.39, 0.29) is 11.7 Å². The van der Waals surface area contributed by atoms with Gasteiger partial charge in [0.2, 0.25) is 0 Å². The Labute approximate surface area is 165 Å². The van der Waals surface area contributed by atoms with Crippen molar-refractivity contribution in [2.24, 2.45) is 5.92 Å². The third-order valence-corrected chi connectivity index (χ3v) is 6.90. The number of pyridine rings is 1. The van der Waals surface area contributed by atoms with Crippen LogP contribution in [-0.4, -0.2) is 28.9 Å². The van der Waals surface area contributed by atoms with Crippen LogP contribution in [-0.2, 0) is 0 Å². The Morgan fingerprint density at radius 3 is 2.93 bits per heavy atom. The summed E-state index contributed by atoms with van der Waals surface area (Å²) >= 11 is 2.76. The molecule has 0 radical (unpaired) electrons. The van der Waals surface area contributed by atoms with Gasteiger partial charge in [-0.1, -0.05) is 13.0 Å². The summed E-state index contributed by atoms with van der Waals surface area (Å²) in [6.07, 6.45) is 2.14. The maximum Gasteiger partial charge on any atom is 0.266 e. The smallest absolute Gasteiger partial charge is 0.266 e. The van der Waals surface area contributed by atoms with Crippen LogP contribution in [0.2, 0.25) is 0 Å². The van der Waals surface area contributed by atoms with Crippen molar-refractivity contribution in [1.82, 2.24) is 9.88 Å². The molecule has 0 spiro atoms. The standard InChI is InChI=1S/C19H19N5OS2/c1-10-4-2-6-24(9-10)19(25)16-15(21)14-13(12-5-3-7-26-12)11(8-20)17(22)23-18(14)27-16/h3,5,7,10H,2,4,6,9,21H2,1H3,(H2,22,23). The van der Waals surface area contributed by atoms with Crippen LogP contribution in [0.25, 0.3) is 20.7 Å². The molecule has 0 bridgehead atoms. The number of piperidine rings is 1. The van der Waals surface area contributed by atoms with Gasteiger partial charge in [0, 0.05) is 28.9 Å². The molecular formula is C19H19N5OS2. The summed E-state index contributed by atoms with van der Waals surface area (Å²) in [4.78, 5) is 21.3. The maximum absolute atomic E-state index is 13.1. The number of hydrogen-bond donors (Lipinski definition) is 2. The molecule has 8 heteroatoms. The highest BCUT2D eigenvalue weighted by molar-refractivity contribution is 7.21. The Hall–Kier alpha value is -2.63. The highest BCUT2D eigenvalue weighted by Gasteiger charge is 2.28. The first-order chi connectivity index (χ1) is 13.0. The molecule has 6 nitrogen and oxygen atoms in total. The molecule has 1 aliphatic rings. The van der Waals surface area contributed by atoms with Crippen molar-refractivity contribution in [2.45, 2.75) is 19.8 Å². The Bertz CT molecular complexity index is 1060. The van der Waals surface area contributed by atoms with Gasteiger partial charge >= 0.3 is 0 Å². The lowest BCUT2D eigenvalue weighted by Crippen LogP contribution is -2.39. The van der Waals surface area contributed by atoms with Crippen LogP contribution < -0.4 is 11.5 Å². The second-order valence-electron chi connectivity index (χ2n) is 6.86. The molecule has 4 N–H and O–H groups in total. The summed E-state index contributed by atoms with van der Waals surface area (Å²) in [7, 11) is 0. The number of carbonyl (C=O) groups is 1. The topological polar surface area (TPSA) is 109 Å². The van der Waals surface area contributed by atoms with Gasteiger partial charge in [0.1, 0.15) is 27.2 Å². The number of nitriles is 1. The third-order valence-electron chi connectivity index (χ3n) is 4.92.